The third-order valence-corrected chi connectivity index (χ3v) is 5.86. The molecule has 26 heavy (non-hydrogen) atoms. The molecule has 1 aromatic carbocycles. The number of rotatable bonds is 6. The van der Waals surface area contributed by atoms with Crippen LogP contribution in [-0.4, -0.2) is 67.8 Å². The fraction of sp³-hybridized carbons (Fsp3) is 0.684. The third-order valence-electron chi connectivity index (χ3n) is 5.86. The van der Waals surface area contributed by atoms with Crippen LogP contribution in [0.15, 0.2) is 12.1 Å². The SMILES string of the molecule is CCc1cc([N+](=O)[O-])c(OC)cc1N1CCC(N2CCC2N(C)C)CC1. The molecule has 0 N–H and O–H groups in total. The van der Waals surface area contributed by atoms with Gasteiger partial charge in [0, 0.05) is 43.5 Å². The molecule has 0 aromatic heterocycles. The Kier molecular flexibility index (Phi) is 5.67. The van der Waals surface area contributed by atoms with Crippen molar-refractivity contribution in [3.8, 4) is 5.75 Å². The summed E-state index contributed by atoms with van der Waals surface area (Å²) in [6.07, 6.45) is 4.87. The maximum absolute atomic E-state index is 11.3. The van der Waals surface area contributed by atoms with Gasteiger partial charge in [-0.3, -0.25) is 19.9 Å². The molecule has 2 aliphatic rings. The van der Waals surface area contributed by atoms with Crippen LogP contribution in [0.5, 0.6) is 5.75 Å². The van der Waals surface area contributed by atoms with Crippen molar-refractivity contribution in [2.45, 2.75) is 44.8 Å². The van der Waals surface area contributed by atoms with Gasteiger partial charge < -0.3 is 9.64 Å². The van der Waals surface area contributed by atoms with E-state index in [-0.39, 0.29) is 10.6 Å². The van der Waals surface area contributed by atoms with E-state index in [1.807, 2.05) is 13.0 Å². The molecule has 0 amide bonds. The van der Waals surface area contributed by atoms with Gasteiger partial charge in [-0.1, -0.05) is 6.92 Å². The van der Waals surface area contributed by atoms with E-state index in [4.69, 9.17) is 4.74 Å². The average molecular weight is 362 g/mol. The molecule has 0 spiro atoms. The maximum atomic E-state index is 11.3. The monoisotopic (exact) mass is 362 g/mol. The van der Waals surface area contributed by atoms with Gasteiger partial charge in [0.05, 0.1) is 18.2 Å². The number of piperidine rings is 1. The second-order valence-corrected chi connectivity index (χ2v) is 7.45. The van der Waals surface area contributed by atoms with E-state index in [2.05, 4.69) is 28.8 Å². The summed E-state index contributed by atoms with van der Waals surface area (Å²) in [5.74, 6) is 0.347. The quantitative estimate of drug-likeness (QED) is 0.573. The molecular formula is C19H30N4O3. The summed E-state index contributed by atoms with van der Waals surface area (Å²) in [4.78, 5) is 18.2. The molecular weight excluding hydrogens is 332 g/mol. The second-order valence-electron chi connectivity index (χ2n) is 7.45. The van der Waals surface area contributed by atoms with Gasteiger partial charge in [0.1, 0.15) is 0 Å². The van der Waals surface area contributed by atoms with Crippen LogP contribution in [0.4, 0.5) is 11.4 Å². The molecule has 0 bridgehead atoms. The van der Waals surface area contributed by atoms with Crippen LogP contribution in [0.25, 0.3) is 0 Å². The number of anilines is 1. The summed E-state index contributed by atoms with van der Waals surface area (Å²) < 4.78 is 5.28. The first-order chi connectivity index (χ1) is 12.5. The predicted molar refractivity (Wildman–Crippen MR) is 103 cm³/mol. The molecule has 1 aromatic rings. The Balaban J connectivity index is 1.74. The molecule has 0 radical (unpaired) electrons. The van der Waals surface area contributed by atoms with Crippen LogP contribution in [0.3, 0.4) is 0 Å². The minimum atomic E-state index is -0.362. The number of aryl methyl sites for hydroxylation is 1. The fourth-order valence-corrected chi connectivity index (χ4v) is 4.30. The largest absolute Gasteiger partial charge is 0.490 e. The summed E-state index contributed by atoms with van der Waals surface area (Å²) >= 11 is 0. The van der Waals surface area contributed by atoms with Gasteiger partial charge in [-0.05, 0) is 45.3 Å². The Bertz CT molecular complexity index is 656. The lowest BCUT2D eigenvalue weighted by atomic mass is 9.96. The van der Waals surface area contributed by atoms with Crippen molar-refractivity contribution < 1.29 is 9.66 Å². The standard InChI is InChI=1S/C19H30N4O3/c1-5-14-12-17(23(24)25)18(26-4)13-16(14)21-9-6-15(7-10-21)22-11-8-19(22)20(2)3/h12-13,15,19H,5-11H2,1-4H3. The van der Waals surface area contributed by atoms with Gasteiger partial charge in [0.25, 0.3) is 0 Å². The first-order valence-electron chi connectivity index (χ1n) is 9.48. The highest BCUT2D eigenvalue weighted by molar-refractivity contribution is 5.64. The highest BCUT2D eigenvalue weighted by Crippen LogP contribution is 2.37. The first-order valence-corrected chi connectivity index (χ1v) is 9.48. The summed E-state index contributed by atoms with van der Waals surface area (Å²) in [7, 11) is 5.81. The number of hydrogen-bond acceptors (Lipinski definition) is 6. The summed E-state index contributed by atoms with van der Waals surface area (Å²) in [6, 6.07) is 4.17. The zero-order valence-corrected chi connectivity index (χ0v) is 16.3. The van der Waals surface area contributed by atoms with Crippen LogP contribution >= 0.6 is 0 Å². The van der Waals surface area contributed by atoms with Gasteiger partial charge in [-0.2, -0.15) is 0 Å². The molecule has 0 aliphatic carbocycles. The second kappa shape index (κ2) is 7.80. The van der Waals surface area contributed by atoms with Gasteiger partial charge in [0.15, 0.2) is 5.75 Å². The Labute approximate surface area is 155 Å². The average Bonchev–Trinajstić information content (AvgIpc) is 2.59. The van der Waals surface area contributed by atoms with Crippen LogP contribution in [0, 0.1) is 10.1 Å². The Morgan fingerprint density at radius 2 is 1.92 bits per heavy atom. The van der Waals surface area contributed by atoms with E-state index in [0.29, 0.717) is 18.0 Å². The molecule has 2 heterocycles. The number of benzene rings is 1. The van der Waals surface area contributed by atoms with Gasteiger partial charge in [-0.15, -0.1) is 0 Å². The molecule has 144 valence electrons. The van der Waals surface area contributed by atoms with Crippen LogP contribution in [-0.2, 0) is 6.42 Å². The molecule has 7 nitrogen and oxygen atoms in total. The number of nitro benzene ring substituents is 1. The molecule has 0 saturated carbocycles. The predicted octanol–water partition coefficient (Wildman–Crippen LogP) is 2.73. The lowest BCUT2D eigenvalue weighted by Gasteiger charge is -2.51. The van der Waals surface area contributed by atoms with E-state index in [9.17, 15) is 10.1 Å². The highest BCUT2D eigenvalue weighted by Gasteiger charge is 2.37. The lowest BCUT2D eigenvalue weighted by molar-refractivity contribution is -0.385. The van der Waals surface area contributed by atoms with Gasteiger partial charge in [0.2, 0.25) is 0 Å². The molecule has 2 fully saturated rings. The van der Waals surface area contributed by atoms with Gasteiger partial charge >= 0.3 is 5.69 Å². The van der Waals surface area contributed by atoms with Crippen molar-refractivity contribution in [1.29, 1.82) is 0 Å². The van der Waals surface area contributed by atoms with Gasteiger partial charge in [-0.25, -0.2) is 0 Å². The number of likely N-dealkylation sites (tertiary alicyclic amines) is 1. The lowest BCUT2D eigenvalue weighted by Crippen LogP contribution is -2.61. The van der Waals surface area contributed by atoms with E-state index in [1.165, 1.54) is 20.1 Å². The Morgan fingerprint density at radius 1 is 1.23 bits per heavy atom. The summed E-state index contributed by atoms with van der Waals surface area (Å²) in [5, 5.41) is 11.3. The summed E-state index contributed by atoms with van der Waals surface area (Å²) in [6.45, 7) is 5.20. The molecule has 2 saturated heterocycles. The van der Waals surface area contributed by atoms with E-state index in [1.54, 1.807) is 6.07 Å². The van der Waals surface area contributed by atoms with Crippen molar-refractivity contribution in [2.24, 2.45) is 0 Å². The smallest absolute Gasteiger partial charge is 0.311 e. The number of methoxy groups -OCH3 is 1. The normalized spacial score (nSPS) is 21.7. The molecule has 7 heteroatoms. The number of hydrogen-bond donors (Lipinski definition) is 0. The van der Waals surface area contributed by atoms with Crippen molar-refractivity contribution in [1.82, 2.24) is 9.80 Å². The molecule has 2 aliphatic heterocycles. The van der Waals surface area contributed by atoms with Crippen molar-refractivity contribution in [2.75, 3.05) is 45.7 Å². The Hall–Kier alpha value is -1.86. The highest BCUT2D eigenvalue weighted by atomic mass is 16.6. The zero-order chi connectivity index (χ0) is 18.8. The van der Waals surface area contributed by atoms with E-state index < -0.39 is 0 Å². The Morgan fingerprint density at radius 3 is 2.38 bits per heavy atom. The van der Waals surface area contributed by atoms with Crippen molar-refractivity contribution >= 4 is 11.4 Å². The van der Waals surface area contributed by atoms with Crippen LogP contribution in [0.2, 0.25) is 0 Å². The maximum Gasteiger partial charge on any atom is 0.311 e. The van der Waals surface area contributed by atoms with E-state index in [0.717, 1.165) is 43.6 Å². The van der Waals surface area contributed by atoms with E-state index >= 15 is 0 Å². The molecule has 3 rings (SSSR count). The van der Waals surface area contributed by atoms with Crippen molar-refractivity contribution in [3.63, 3.8) is 0 Å². The van der Waals surface area contributed by atoms with Crippen LogP contribution < -0.4 is 9.64 Å². The minimum absolute atomic E-state index is 0.0531. The minimum Gasteiger partial charge on any atom is -0.490 e. The topological polar surface area (TPSA) is 62.1 Å². The molecule has 1 atom stereocenters. The van der Waals surface area contributed by atoms with Crippen LogP contribution in [0.1, 0.15) is 31.7 Å². The first kappa shape index (κ1) is 18.9. The summed E-state index contributed by atoms with van der Waals surface area (Å²) in [5.41, 5.74) is 2.16. The number of ether oxygens (including phenoxy) is 1. The zero-order valence-electron chi connectivity index (χ0n) is 16.3. The number of nitrogens with zero attached hydrogens (tertiary/aromatic N) is 4. The van der Waals surface area contributed by atoms with Crippen molar-refractivity contribution in [3.05, 3.63) is 27.8 Å². The fourth-order valence-electron chi connectivity index (χ4n) is 4.30. The number of nitro groups is 1. The molecule has 1 unspecified atom stereocenters. The third kappa shape index (κ3) is 3.50.